The van der Waals surface area contributed by atoms with Crippen LogP contribution < -0.4 is 21.0 Å². The van der Waals surface area contributed by atoms with Gasteiger partial charge >= 0.3 is 0 Å². The van der Waals surface area contributed by atoms with Gasteiger partial charge in [0, 0.05) is 12.5 Å². The second kappa shape index (κ2) is 10.8. The van der Waals surface area contributed by atoms with Gasteiger partial charge in [-0.15, -0.1) is 0 Å². The fourth-order valence-corrected chi connectivity index (χ4v) is 7.64. The Balaban J connectivity index is 0.000000640. The van der Waals surface area contributed by atoms with Gasteiger partial charge in [-0.05, 0) is 57.4 Å². The van der Waals surface area contributed by atoms with E-state index in [0.29, 0.717) is 0 Å². The molecule has 4 heteroatoms. The molecule has 3 nitrogen and oxygen atoms in total. The van der Waals surface area contributed by atoms with Gasteiger partial charge in [0.25, 0.3) is 0 Å². The molecule has 0 amide bonds. The molecule has 28 heavy (non-hydrogen) atoms. The second-order valence-corrected chi connectivity index (χ2v) is 10.5. The zero-order chi connectivity index (χ0) is 20.4. The van der Waals surface area contributed by atoms with E-state index >= 15 is 0 Å². The fraction of sp³-hybridized carbons (Fsp3) is 0.208. The van der Waals surface area contributed by atoms with Crippen molar-refractivity contribution in [1.29, 1.82) is 0 Å². The van der Waals surface area contributed by atoms with Crippen molar-refractivity contribution in [3.63, 3.8) is 0 Å². The van der Waals surface area contributed by atoms with E-state index in [1.807, 2.05) is 0 Å². The largest absolute Gasteiger partial charge is 0.550 e. The Morgan fingerprint density at radius 3 is 1.29 bits per heavy atom. The molecule has 0 saturated heterocycles. The monoisotopic (exact) mass is 393 g/mol. The summed E-state index contributed by atoms with van der Waals surface area (Å²) in [5, 5.41) is 13.3. The predicted molar refractivity (Wildman–Crippen MR) is 119 cm³/mol. The van der Waals surface area contributed by atoms with Crippen molar-refractivity contribution < 1.29 is 9.90 Å². The molecule has 0 radical (unpaired) electrons. The quantitative estimate of drug-likeness (QED) is 0.604. The number of rotatable bonds is 6. The lowest BCUT2D eigenvalue weighted by Gasteiger charge is -2.28. The van der Waals surface area contributed by atoms with Crippen LogP contribution in [0.4, 0.5) is 0 Å². The number of nitrogens with zero attached hydrogens (tertiary/aromatic N) is 1. The highest BCUT2D eigenvalue weighted by Crippen LogP contribution is 2.54. The van der Waals surface area contributed by atoms with Crippen LogP contribution in [0.3, 0.4) is 0 Å². The molecule has 0 fully saturated rings. The van der Waals surface area contributed by atoms with Crippen molar-refractivity contribution in [3.8, 4) is 0 Å². The molecule has 0 unspecified atom stereocenters. The maximum absolute atomic E-state index is 8.89. The first-order valence-corrected chi connectivity index (χ1v) is 11.3. The van der Waals surface area contributed by atoms with E-state index < -0.39 is 13.2 Å². The number of hydrogen-bond acceptors (Lipinski definition) is 3. The van der Waals surface area contributed by atoms with Crippen LogP contribution in [0.15, 0.2) is 91.0 Å². The Kier molecular flexibility index (Phi) is 8.38. The summed E-state index contributed by atoms with van der Waals surface area (Å²) in [4.78, 5) is 11.2. The van der Waals surface area contributed by atoms with Crippen LogP contribution in [0.2, 0.25) is 0 Å². The number of aliphatic carboxylic acids is 1. The first-order chi connectivity index (χ1) is 13.5. The zero-order valence-electron chi connectivity index (χ0n) is 16.8. The van der Waals surface area contributed by atoms with Gasteiger partial charge in [0.1, 0.15) is 23.2 Å². The van der Waals surface area contributed by atoms with E-state index in [9.17, 15) is 0 Å². The molecule has 0 aliphatic rings. The summed E-state index contributed by atoms with van der Waals surface area (Å²) in [6, 6.07) is 33.2. The van der Waals surface area contributed by atoms with Gasteiger partial charge in [0.05, 0.1) is 6.16 Å². The average Bonchev–Trinajstić information content (AvgIpc) is 2.70. The summed E-state index contributed by atoms with van der Waals surface area (Å²) in [6.45, 7) is 2.05. The van der Waals surface area contributed by atoms with Gasteiger partial charge in [-0.3, -0.25) is 0 Å². The molecule has 0 saturated carbocycles. The molecule has 0 spiro atoms. The van der Waals surface area contributed by atoms with Crippen LogP contribution in [0.5, 0.6) is 0 Å². The summed E-state index contributed by atoms with van der Waals surface area (Å²) >= 11 is 0. The van der Waals surface area contributed by atoms with Gasteiger partial charge in [-0.2, -0.15) is 0 Å². The molecule has 0 N–H and O–H groups in total. The van der Waals surface area contributed by atoms with Crippen molar-refractivity contribution in [2.45, 2.75) is 6.92 Å². The van der Waals surface area contributed by atoms with Crippen LogP contribution in [-0.2, 0) is 4.79 Å². The number of benzene rings is 3. The molecule has 3 aromatic carbocycles. The van der Waals surface area contributed by atoms with E-state index in [2.05, 4.69) is 110 Å². The number of hydrogen-bond donors (Lipinski definition) is 0. The first-order valence-electron chi connectivity index (χ1n) is 9.34. The third-order valence-corrected chi connectivity index (χ3v) is 8.88. The van der Waals surface area contributed by atoms with E-state index in [1.54, 1.807) is 0 Å². The number of carbonyl (C=O) groups is 1. The Labute approximate surface area is 169 Å². The summed E-state index contributed by atoms with van der Waals surface area (Å²) < 4.78 is 0. The van der Waals surface area contributed by atoms with Crippen LogP contribution in [0, 0.1) is 0 Å². The normalized spacial score (nSPS) is 10.9. The Bertz CT molecular complexity index is 736. The maximum atomic E-state index is 8.89. The van der Waals surface area contributed by atoms with Gasteiger partial charge in [0.2, 0.25) is 0 Å². The molecular weight excluding hydrogens is 365 g/mol. The van der Waals surface area contributed by atoms with Crippen LogP contribution in [-0.4, -0.2) is 37.7 Å². The average molecular weight is 393 g/mol. The minimum atomic E-state index is -1.65. The summed E-state index contributed by atoms with van der Waals surface area (Å²) in [5.74, 6) is -1.08. The third-order valence-electron chi connectivity index (χ3n) is 4.47. The number of carboxylic acids is 1. The molecule has 0 aromatic heterocycles. The molecule has 0 bridgehead atoms. The lowest BCUT2D eigenvalue weighted by Crippen LogP contribution is -2.36. The summed E-state index contributed by atoms with van der Waals surface area (Å²) in [5.41, 5.74) is 0. The lowest BCUT2D eigenvalue weighted by molar-refractivity contribution is -0.302. The zero-order valence-corrected chi connectivity index (χ0v) is 17.7. The number of carboxylic acid groups (broad SMARTS) is 1. The molecule has 3 aromatic rings. The fourth-order valence-electron chi connectivity index (χ4n) is 3.23. The van der Waals surface area contributed by atoms with Gasteiger partial charge < -0.3 is 14.8 Å². The molecule has 3 rings (SSSR count). The van der Waals surface area contributed by atoms with Gasteiger partial charge in [0.15, 0.2) is 0 Å². The van der Waals surface area contributed by atoms with E-state index in [1.165, 1.54) is 15.9 Å². The molecule has 0 heterocycles. The van der Waals surface area contributed by atoms with Crippen molar-refractivity contribution >= 4 is 29.1 Å². The maximum Gasteiger partial charge on any atom is 0.113 e. The van der Waals surface area contributed by atoms with Crippen LogP contribution in [0.1, 0.15) is 6.92 Å². The Morgan fingerprint density at radius 1 is 0.750 bits per heavy atom. The standard InChI is InChI=1S/C22H25NP.C2H4O2/c1-23(2)18-19-24(20-12-6-3-7-13-20,21-14-8-4-9-15-21)22-16-10-5-11-17-22;1-2(3)4/h3-17H,18-19H2,1-2H3;1H3,(H,3,4)/q+1;/p-1. The van der Waals surface area contributed by atoms with E-state index in [0.717, 1.165) is 19.6 Å². The highest BCUT2D eigenvalue weighted by Gasteiger charge is 2.44. The van der Waals surface area contributed by atoms with Crippen molar-refractivity contribution in [3.05, 3.63) is 91.0 Å². The van der Waals surface area contributed by atoms with Gasteiger partial charge in [-0.25, -0.2) is 0 Å². The second-order valence-electron chi connectivity index (χ2n) is 6.83. The topological polar surface area (TPSA) is 43.4 Å². The third kappa shape index (κ3) is 5.76. The molecular formula is C24H28NO2P. The van der Waals surface area contributed by atoms with E-state index in [4.69, 9.17) is 9.90 Å². The minimum absolute atomic E-state index is 0.972. The van der Waals surface area contributed by atoms with Crippen molar-refractivity contribution in [2.24, 2.45) is 0 Å². The van der Waals surface area contributed by atoms with Crippen molar-refractivity contribution in [1.82, 2.24) is 4.90 Å². The lowest BCUT2D eigenvalue weighted by atomic mass is 10.4. The minimum Gasteiger partial charge on any atom is -0.550 e. The highest BCUT2D eigenvalue weighted by atomic mass is 31.2. The van der Waals surface area contributed by atoms with Crippen LogP contribution in [0.25, 0.3) is 0 Å². The molecule has 0 aliphatic heterocycles. The van der Waals surface area contributed by atoms with E-state index in [-0.39, 0.29) is 0 Å². The van der Waals surface area contributed by atoms with Crippen LogP contribution >= 0.6 is 7.26 Å². The highest BCUT2D eigenvalue weighted by molar-refractivity contribution is 7.95. The number of carbonyl (C=O) groups excluding carboxylic acids is 1. The summed E-state index contributed by atoms with van der Waals surface area (Å²) in [7, 11) is 2.68. The predicted octanol–water partition coefficient (Wildman–Crippen LogP) is 2.30. The SMILES string of the molecule is CC(=O)[O-].CN(C)CC[P+](c1ccccc1)(c1ccccc1)c1ccccc1. The molecule has 0 aliphatic carbocycles. The Hall–Kier alpha value is -2.48. The Morgan fingerprint density at radius 2 is 1.04 bits per heavy atom. The summed E-state index contributed by atoms with van der Waals surface area (Å²) in [6.07, 6.45) is 1.15. The van der Waals surface area contributed by atoms with Gasteiger partial charge in [-0.1, -0.05) is 54.6 Å². The van der Waals surface area contributed by atoms with Crippen molar-refractivity contribution in [2.75, 3.05) is 26.8 Å². The smallest absolute Gasteiger partial charge is 0.113 e. The molecule has 146 valence electrons. The molecule has 0 atom stereocenters. The first kappa shape index (κ1) is 21.8.